The molecule has 0 saturated heterocycles. The van der Waals surface area contributed by atoms with Crippen molar-refractivity contribution >= 4 is 5.43 Å². The standard InChI is InChI=1S/2C11H11.C2H6Si.2ClH.Zr/c2*1-9-5-7-10-3-2-4-11(10)8-6-9;1-3-2;;;/h2*2-9H,1H3;1-2H3;2*1H;/q;;;;;+2/p-2. The number of hydrogen-bond donors (Lipinski definition) is 0. The van der Waals surface area contributed by atoms with Gasteiger partial charge >= 0.3 is 167 Å². The minimum Gasteiger partial charge on any atom is -1.00 e. The summed E-state index contributed by atoms with van der Waals surface area (Å²) in [7, 11) is 0. The van der Waals surface area contributed by atoms with E-state index < -0.39 is 20.4 Å². The van der Waals surface area contributed by atoms with E-state index in [0.717, 1.165) is 7.25 Å². The fourth-order valence-corrected chi connectivity index (χ4v) is 23.1. The molecule has 4 aliphatic carbocycles. The van der Waals surface area contributed by atoms with Gasteiger partial charge in [0, 0.05) is 0 Å². The molecule has 4 atom stereocenters. The molecule has 0 amide bonds. The van der Waals surface area contributed by atoms with Gasteiger partial charge < -0.3 is 24.8 Å². The second-order valence-corrected chi connectivity index (χ2v) is 26.2. The molecule has 0 heterocycles. The maximum absolute atomic E-state index is 2.58. The van der Waals surface area contributed by atoms with Crippen molar-refractivity contribution in [1.29, 1.82) is 0 Å². The molecule has 0 aromatic heterocycles. The second-order valence-electron chi connectivity index (χ2n) is 8.10. The zero-order valence-electron chi connectivity index (χ0n) is 17.0. The van der Waals surface area contributed by atoms with E-state index in [1.807, 2.05) is 0 Å². The Balaban J connectivity index is 0.00000140. The van der Waals surface area contributed by atoms with Gasteiger partial charge in [0.25, 0.3) is 0 Å². The van der Waals surface area contributed by atoms with E-state index >= 15 is 0 Å². The van der Waals surface area contributed by atoms with Gasteiger partial charge in [0.1, 0.15) is 0 Å². The summed E-state index contributed by atoms with van der Waals surface area (Å²) in [4.78, 5) is 0. The Hall–Kier alpha value is -0.400. The molecule has 146 valence electrons. The Labute approximate surface area is 190 Å². The minimum atomic E-state index is -1.76. The molecule has 0 N–H and O–H groups in total. The largest absolute Gasteiger partial charge is 1.00 e. The average Bonchev–Trinajstić information content (AvgIpc) is 3.07. The molecule has 0 aromatic carbocycles. The minimum absolute atomic E-state index is 0. The van der Waals surface area contributed by atoms with E-state index in [1.54, 1.807) is 11.1 Å². The van der Waals surface area contributed by atoms with Gasteiger partial charge in [0.2, 0.25) is 0 Å². The van der Waals surface area contributed by atoms with Gasteiger partial charge in [0.05, 0.1) is 0 Å². The first kappa shape index (κ1) is 23.9. The summed E-state index contributed by atoms with van der Waals surface area (Å²) in [6, 6.07) is 0. The Bertz CT molecular complexity index is 837. The fourth-order valence-electron chi connectivity index (χ4n) is 4.37. The third-order valence-corrected chi connectivity index (χ3v) is 25.0. The van der Waals surface area contributed by atoms with Crippen LogP contribution in [0.4, 0.5) is 0 Å². The summed E-state index contributed by atoms with van der Waals surface area (Å²) in [5, 5.41) is 0. The summed E-state index contributed by atoms with van der Waals surface area (Å²) >= 11 is -1.76. The Morgan fingerprint density at radius 1 is 0.607 bits per heavy atom. The molecule has 0 aromatic rings. The van der Waals surface area contributed by atoms with Crippen LogP contribution < -0.4 is 24.8 Å². The molecule has 4 rings (SSSR count). The summed E-state index contributed by atoms with van der Waals surface area (Å²) in [5.74, 6) is 1.10. The zero-order valence-corrected chi connectivity index (χ0v) is 22.0. The first-order chi connectivity index (χ1) is 12.5. The normalized spacial score (nSPS) is 28.8. The fraction of sp³-hybridized carbons (Fsp3) is 0.333. The Kier molecular flexibility index (Phi) is 8.59. The van der Waals surface area contributed by atoms with Crippen LogP contribution in [-0.2, 0) is 20.4 Å². The third-order valence-electron chi connectivity index (χ3n) is 5.84. The van der Waals surface area contributed by atoms with E-state index in [2.05, 4.69) is 99.9 Å². The van der Waals surface area contributed by atoms with E-state index in [0.29, 0.717) is 11.8 Å². The number of rotatable bonds is 2. The predicted molar refractivity (Wildman–Crippen MR) is 112 cm³/mol. The van der Waals surface area contributed by atoms with Crippen molar-refractivity contribution in [2.45, 2.75) is 34.2 Å². The summed E-state index contributed by atoms with van der Waals surface area (Å²) < 4.78 is 1.48. The first-order valence-corrected chi connectivity index (χ1v) is 18.8. The van der Waals surface area contributed by atoms with Crippen molar-refractivity contribution in [2.24, 2.45) is 11.8 Å². The molecule has 4 aliphatic rings. The van der Waals surface area contributed by atoms with Gasteiger partial charge in [-0.1, -0.05) is 0 Å². The molecule has 4 heteroatoms. The molecule has 0 saturated carbocycles. The van der Waals surface area contributed by atoms with Crippen LogP contribution in [-0.4, -0.2) is 5.43 Å². The molecule has 0 spiro atoms. The Morgan fingerprint density at radius 2 is 0.964 bits per heavy atom. The zero-order chi connectivity index (χ0) is 18.3. The van der Waals surface area contributed by atoms with Gasteiger partial charge in [-0.05, 0) is 0 Å². The van der Waals surface area contributed by atoms with Gasteiger partial charge in [-0.2, -0.15) is 0 Å². The van der Waals surface area contributed by atoms with Crippen LogP contribution in [0.3, 0.4) is 0 Å². The molecule has 0 fully saturated rings. The van der Waals surface area contributed by atoms with Crippen LogP contribution >= 0.6 is 0 Å². The van der Waals surface area contributed by atoms with Crippen LogP contribution in [0.25, 0.3) is 0 Å². The van der Waals surface area contributed by atoms with Crippen molar-refractivity contribution < 1.29 is 45.2 Å². The quantitative estimate of drug-likeness (QED) is 0.484. The van der Waals surface area contributed by atoms with Gasteiger partial charge in [0.15, 0.2) is 0 Å². The molecule has 0 bridgehead atoms. The van der Waals surface area contributed by atoms with Crippen molar-refractivity contribution in [3.63, 3.8) is 0 Å². The summed E-state index contributed by atoms with van der Waals surface area (Å²) in [6.07, 6.45) is 29.0. The predicted octanol–water partition coefficient (Wildman–Crippen LogP) is 0.698. The molecule has 0 nitrogen and oxygen atoms in total. The number of allylic oxidation sites excluding steroid dienone is 16. The van der Waals surface area contributed by atoms with E-state index in [1.165, 1.54) is 11.1 Å². The van der Waals surface area contributed by atoms with Crippen molar-refractivity contribution in [2.75, 3.05) is 0 Å². The Morgan fingerprint density at radius 3 is 1.36 bits per heavy atom. The topological polar surface area (TPSA) is 0 Å². The van der Waals surface area contributed by atoms with Gasteiger partial charge in [-0.25, -0.2) is 0 Å². The maximum atomic E-state index is 2.58. The second kappa shape index (κ2) is 10.1. The van der Waals surface area contributed by atoms with Crippen molar-refractivity contribution in [3.05, 3.63) is 95.2 Å². The number of halogens is 2. The molecule has 28 heavy (non-hydrogen) atoms. The van der Waals surface area contributed by atoms with Crippen LogP contribution in [0.2, 0.25) is 20.3 Å². The molecule has 4 unspecified atom stereocenters. The van der Waals surface area contributed by atoms with Crippen LogP contribution in [0.5, 0.6) is 0 Å². The molecule has 0 radical (unpaired) electrons. The monoisotopic (exact) mass is 504 g/mol. The van der Waals surface area contributed by atoms with E-state index in [4.69, 9.17) is 0 Å². The summed E-state index contributed by atoms with van der Waals surface area (Å²) in [6.45, 7) is 9.72. The average molecular weight is 507 g/mol. The van der Waals surface area contributed by atoms with Crippen molar-refractivity contribution in [1.82, 2.24) is 0 Å². The van der Waals surface area contributed by atoms with Gasteiger partial charge in [-0.15, -0.1) is 0 Å². The molecule has 0 aliphatic heterocycles. The first-order valence-electron chi connectivity index (χ1n) is 9.79. The maximum Gasteiger partial charge on any atom is -1.00 e. The molecular formula is C24H28Cl2SiZr. The van der Waals surface area contributed by atoms with Crippen molar-refractivity contribution in [3.8, 4) is 0 Å². The summed E-state index contributed by atoms with van der Waals surface area (Å²) in [5.41, 5.74) is 5.90. The third kappa shape index (κ3) is 4.67. The SMILES string of the molecule is CC1C=CC2=C(C=C1)[CH]([Zr+2]([CH]1C=CC3=C1C=CC(C)C=C3)=[Si](C)C)C=C2.[Cl-].[Cl-]. The van der Waals surface area contributed by atoms with E-state index in [-0.39, 0.29) is 30.2 Å². The van der Waals surface area contributed by atoms with E-state index in [9.17, 15) is 0 Å². The molecular weight excluding hydrogens is 478 g/mol. The van der Waals surface area contributed by atoms with Crippen LogP contribution in [0.1, 0.15) is 13.8 Å². The smallest absolute Gasteiger partial charge is 1.00 e. The van der Waals surface area contributed by atoms with Crippen LogP contribution in [0.15, 0.2) is 95.2 Å². The van der Waals surface area contributed by atoms with Crippen LogP contribution in [0, 0.1) is 11.8 Å². The van der Waals surface area contributed by atoms with Gasteiger partial charge in [-0.3, -0.25) is 0 Å². The number of hydrogen-bond acceptors (Lipinski definition) is 0.